The van der Waals surface area contributed by atoms with E-state index in [1.54, 1.807) is 90.1 Å². The quantitative estimate of drug-likeness (QED) is 0.210. The maximum Gasteiger partial charge on any atom is 0.343 e. The number of aryl methyl sites for hydroxylation is 1. The highest BCUT2D eigenvalue weighted by Gasteiger charge is 2.27. The highest BCUT2D eigenvalue weighted by molar-refractivity contribution is 6.00. The van der Waals surface area contributed by atoms with Gasteiger partial charge in [-0.25, -0.2) is 9.59 Å². The molecule has 0 spiro atoms. The van der Waals surface area contributed by atoms with Crippen LogP contribution in [-0.2, 0) is 27.1 Å². The molecule has 1 aliphatic heterocycles. The molecule has 3 aromatic rings. The molecule has 0 aromatic heterocycles. The van der Waals surface area contributed by atoms with E-state index < -0.39 is 35.0 Å². The predicted molar refractivity (Wildman–Crippen MR) is 169 cm³/mol. The first-order chi connectivity index (χ1) is 21.1. The number of ether oxygens (including phenoxy) is 4. The number of nitrogens with one attached hydrogen (secondary N) is 1. The molecule has 0 saturated carbocycles. The molecule has 1 aliphatic rings. The van der Waals surface area contributed by atoms with Crippen LogP contribution in [0.4, 0.5) is 5.69 Å². The summed E-state index contributed by atoms with van der Waals surface area (Å²) < 4.78 is 23.0. The van der Waals surface area contributed by atoms with Crippen molar-refractivity contribution in [3.8, 4) is 11.5 Å². The van der Waals surface area contributed by atoms with Gasteiger partial charge in [-0.1, -0.05) is 18.2 Å². The molecule has 1 amide bonds. The first-order valence-electron chi connectivity index (χ1n) is 14.8. The average molecular weight is 617 g/mol. The Morgan fingerprint density at radius 2 is 1.64 bits per heavy atom. The van der Waals surface area contributed by atoms with E-state index in [1.165, 1.54) is 0 Å². The number of nitrogens with two attached hydrogens (primary N) is 1. The normalized spacial score (nSPS) is 13.3. The van der Waals surface area contributed by atoms with E-state index in [0.29, 0.717) is 35.2 Å². The predicted octanol–water partition coefficient (Wildman–Crippen LogP) is 5.43. The summed E-state index contributed by atoms with van der Waals surface area (Å²) in [7, 11) is 0. The van der Waals surface area contributed by atoms with Gasteiger partial charge in [-0.15, -0.1) is 0 Å². The Hall–Kier alpha value is -4.86. The number of carbonyl (C=O) groups is 4. The van der Waals surface area contributed by atoms with Crippen molar-refractivity contribution >= 4 is 29.5 Å². The third-order valence-electron chi connectivity index (χ3n) is 6.59. The molecule has 0 unspecified atom stereocenters. The highest BCUT2D eigenvalue weighted by atomic mass is 16.6. The lowest BCUT2D eigenvalue weighted by atomic mass is 9.98. The van der Waals surface area contributed by atoms with E-state index in [2.05, 4.69) is 5.32 Å². The van der Waals surface area contributed by atoms with Gasteiger partial charge in [0.05, 0.1) is 23.3 Å². The SMILES string of the molecule is CC(C)(C)OC(=O)CNC(=O)c1ccc(Cc2cccc(C(=O)OC(C)(C)C)c2)c2c1OCCCc1cc(N)ccc1C(=O)O2. The van der Waals surface area contributed by atoms with Crippen LogP contribution < -0.4 is 20.5 Å². The minimum Gasteiger partial charge on any atom is -0.489 e. The number of rotatable bonds is 6. The molecule has 0 radical (unpaired) electrons. The van der Waals surface area contributed by atoms with Crippen LogP contribution in [0.1, 0.15) is 95.7 Å². The van der Waals surface area contributed by atoms with Crippen LogP contribution in [0, 0.1) is 0 Å². The maximum absolute atomic E-state index is 13.6. The first-order valence-corrected chi connectivity index (χ1v) is 14.8. The fourth-order valence-electron chi connectivity index (χ4n) is 4.77. The summed E-state index contributed by atoms with van der Waals surface area (Å²) in [6.45, 7) is 10.4. The summed E-state index contributed by atoms with van der Waals surface area (Å²) in [5.41, 5.74) is 7.96. The van der Waals surface area contributed by atoms with E-state index in [0.717, 1.165) is 11.1 Å². The molecule has 0 fully saturated rings. The Balaban J connectivity index is 1.73. The average Bonchev–Trinajstić information content (AvgIpc) is 2.93. The van der Waals surface area contributed by atoms with Crippen LogP contribution >= 0.6 is 0 Å². The van der Waals surface area contributed by atoms with E-state index in [9.17, 15) is 19.2 Å². The van der Waals surface area contributed by atoms with Crippen LogP contribution in [0.3, 0.4) is 0 Å². The van der Waals surface area contributed by atoms with Gasteiger partial charge in [0, 0.05) is 17.7 Å². The van der Waals surface area contributed by atoms with Gasteiger partial charge in [0.15, 0.2) is 11.5 Å². The second-order valence-electron chi connectivity index (χ2n) is 12.8. The van der Waals surface area contributed by atoms with Crippen LogP contribution in [0.5, 0.6) is 11.5 Å². The Morgan fingerprint density at radius 3 is 2.36 bits per heavy atom. The molecule has 0 atom stereocenters. The molecule has 1 heterocycles. The lowest BCUT2D eigenvalue weighted by Gasteiger charge is -2.22. The molecular weight excluding hydrogens is 576 g/mol. The van der Waals surface area contributed by atoms with Gasteiger partial charge < -0.3 is 30.0 Å². The van der Waals surface area contributed by atoms with Crippen molar-refractivity contribution in [1.29, 1.82) is 0 Å². The largest absolute Gasteiger partial charge is 0.489 e. The molecular formula is C35H40N2O8. The summed E-state index contributed by atoms with van der Waals surface area (Å²) in [5, 5.41) is 2.58. The fraction of sp³-hybridized carbons (Fsp3) is 0.371. The number of hydrogen-bond donors (Lipinski definition) is 2. The Kier molecular flexibility index (Phi) is 9.85. The standard InChI is InChI=1S/C35H40N2O8/c1-34(2,3)44-28(38)20-37-31(39)27-14-12-23(17-21-9-7-10-24(18-21)32(40)45-35(4,5)6)29-30(27)42-16-8-11-22-19-25(36)13-15-26(22)33(41)43-29/h7,9-10,12-15,18-19H,8,11,16-17,20,36H2,1-6H3,(H,37,39). The van der Waals surface area contributed by atoms with Gasteiger partial charge >= 0.3 is 17.9 Å². The van der Waals surface area contributed by atoms with E-state index >= 15 is 0 Å². The minimum absolute atomic E-state index is 0.0669. The zero-order chi connectivity index (χ0) is 32.9. The lowest BCUT2D eigenvalue weighted by molar-refractivity contribution is -0.153. The van der Waals surface area contributed by atoms with Crippen molar-refractivity contribution in [1.82, 2.24) is 5.32 Å². The van der Waals surface area contributed by atoms with Gasteiger partial charge in [0.25, 0.3) is 5.91 Å². The summed E-state index contributed by atoms with van der Waals surface area (Å²) >= 11 is 0. The Labute approximate surface area is 263 Å². The molecule has 10 nitrogen and oxygen atoms in total. The van der Waals surface area contributed by atoms with E-state index in [1.807, 2.05) is 6.07 Å². The molecule has 4 rings (SSSR count). The fourth-order valence-corrected chi connectivity index (χ4v) is 4.77. The number of fused-ring (bicyclic) bond motifs is 2. The summed E-state index contributed by atoms with van der Waals surface area (Å²) in [6, 6.07) is 15.2. The molecule has 3 aromatic carbocycles. The van der Waals surface area contributed by atoms with Crippen LogP contribution in [0.15, 0.2) is 54.6 Å². The molecule has 238 valence electrons. The summed E-state index contributed by atoms with van der Waals surface area (Å²) in [6.07, 6.45) is 1.27. The lowest BCUT2D eigenvalue weighted by Crippen LogP contribution is -2.35. The van der Waals surface area contributed by atoms with Crippen molar-refractivity contribution in [3.05, 3.63) is 88.0 Å². The maximum atomic E-state index is 13.6. The number of nitrogen functional groups attached to an aromatic ring is 1. The monoisotopic (exact) mass is 616 g/mol. The van der Waals surface area contributed by atoms with Crippen molar-refractivity contribution in [2.45, 2.75) is 72.0 Å². The molecule has 10 heteroatoms. The van der Waals surface area contributed by atoms with Crippen molar-refractivity contribution in [2.24, 2.45) is 0 Å². The zero-order valence-corrected chi connectivity index (χ0v) is 26.6. The van der Waals surface area contributed by atoms with Crippen molar-refractivity contribution in [3.63, 3.8) is 0 Å². The number of amides is 1. The molecule has 0 saturated heterocycles. The highest BCUT2D eigenvalue weighted by Crippen LogP contribution is 2.38. The van der Waals surface area contributed by atoms with Crippen LogP contribution in [0.2, 0.25) is 0 Å². The summed E-state index contributed by atoms with van der Waals surface area (Å²) in [5.74, 6) is -2.16. The van der Waals surface area contributed by atoms with Crippen molar-refractivity contribution < 1.29 is 38.1 Å². The minimum atomic E-state index is -0.714. The number of esters is 3. The van der Waals surface area contributed by atoms with Gasteiger partial charge in [-0.05, 0) is 102 Å². The number of anilines is 1. The second-order valence-corrected chi connectivity index (χ2v) is 12.8. The zero-order valence-electron chi connectivity index (χ0n) is 26.6. The third kappa shape index (κ3) is 9.07. The van der Waals surface area contributed by atoms with Gasteiger partial charge in [-0.3, -0.25) is 9.59 Å². The third-order valence-corrected chi connectivity index (χ3v) is 6.59. The van der Waals surface area contributed by atoms with Gasteiger partial charge in [-0.2, -0.15) is 0 Å². The topological polar surface area (TPSA) is 143 Å². The number of benzene rings is 3. The number of carbonyl (C=O) groups excluding carboxylic acids is 4. The van der Waals surface area contributed by atoms with E-state index in [4.69, 9.17) is 24.7 Å². The van der Waals surface area contributed by atoms with Crippen molar-refractivity contribution in [2.75, 3.05) is 18.9 Å². The molecule has 0 aliphatic carbocycles. The second kappa shape index (κ2) is 13.4. The smallest absolute Gasteiger partial charge is 0.343 e. The van der Waals surface area contributed by atoms with E-state index in [-0.39, 0.29) is 36.6 Å². The van der Waals surface area contributed by atoms with Crippen LogP contribution in [-0.4, -0.2) is 48.2 Å². The first kappa shape index (κ1) is 33.0. The molecule has 45 heavy (non-hydrogen) atoms. The Morgan fingerprint density at radius 1 is 0.911 bits per heavy atom. The Bertz CT molecular complexity index is 1610. The molecule has 0 bridgehead atoms. The molecule has 3 N–H and O–H groups in total. The van der Waals surface area contributed by atoms with Gasteiger partial charge in [0.2, 0.25) is 0 Å². The number of hydrogen-bond acceptors (Lipinski definition) is 9. The summed E-state index contributed by atoms with van der Waals surface area (Å²) in [4.78, 5) is 51.9. The van der Waals surface area contributed by atoms with Crippen LogP contribution in [0.25, 0.3) is 0 Å². The van der Waals surface area contributed by atoms with Gasteiger partial charge in [0.1, 0.15) is 17.7 Å².